The molecule has 0 unspecified atom stereocenters. The van der Waals surface area contributed by atoms with Gasteiger partial charge in [0.25, 0.3) is 5.91 Å². The van der Waals surface area contributed by atoms with E-state index in [0.29, 0.717) is 29.6 Å². The number of carbonyl (C=O) groups is 2. The fourth-order valence-corrected chi connectivity index (χ4v) is 4.66. The van der Waals surface area contributed by atoms with Crippen molar-refractivity contribution in [2.75, 3.05) is 13.1 Å². The highest BCUT2D eigenvalue weighted by atomic mass is 35.5. The number of piperidine rings is 1. The zero-order valence-electron chi connectivity index (χ0n) is 19.2. The molecule has 180 valence electrons. The van der Waals surface area contributed by atoms with Crippen molar-refractivity contribution in [3.8, 4) is 0 Å². The number of carbonyl (C=O) groups excluding carboxylic acids is 2. The first-order valence-corrected chi connectivity index (χ1v) is 11.5. The fraction of sp³-hybridized carbons (Fsp3) is 0.417. The van der Waals surface area contributed by atoms with Gasteiger partial charge in [-0.15, -0.1) is 0 Å². The van der Waals surface area contributed by atoms with Gasteiger partial charge in [-0.2, -0.15) is 5.10 Å². The Morgan fingerprint density at radius 3 is 2.74 bits per heavy atom. The van der Waals surface area contributed by atoms with Crippen LogP contribution < -0.4 is 5.32 Å². The lowest BCUT2D eigenvalue weighted by atomic mass is 9.84. The maximum absolute atomic E-state index is 14.1. The van der Waals surface area contributed by atoms with E-state index in [2.05, 4.69) is 15.4 Å². The number of aromatic nitrogens is 3. The topological polar surface area (TPSA) is 100 Å². The lowest BCUT2D eigenvalue weighted by Crippen LogP contribution is -2.55. The Kier molecular flexibility index (Phi) is 6.86. The van der Waals surface area contributed by atoms with E-state index in [1.54, 1.807) is 48.9 Å². The Balaban J connectivity index is 1.63. The third kappa shape index (κ3) is 4.90. The summed E-state index contributed by atoms with van der Waals surface area (Å²) < 4.78 is 15.7. The predicted molar refractivity (Wildman–Crippen MR) is 126 cm³/mol. The summed E-state index contributed by atoms with van der Waals surface area (Å²) in [5.74, 6) is -1.83. The maximum Gasteiger partial charge on any atom is 0.257 e. The number of nitrogens with one attached hydrogen (secondary N) is 1. The van der Waals surface area contributed by atoms with E-state index < -0.39 is 23.9 Å². The summed E-state index contributed by atoms with van der Waals surface area (Å²) in [6.07, 6.45) is 4.20. The third-order valence-electron chi connectivity index (χ3n) is 6.20. The van der Waals surface area contributed by atoms with Crippen LogP contribution in [0.2, 0.25) is 5.02 Å². The van der Waals surface area contributed by atoms with E-state index in [1.807, 2.05) is 0 Å². The van der Waals surface area contributed by atoms with E-state index in [9.17, 15) is 19.1 Å². The number of aliphatic hydroxyl groups excluding tert-OH is 1. The number of fused-ring (bicyclic) bond motifs is 1. The Morgan fingerprint density at radius 2 is 2.03 bits per heavy atom. The Morgan fingerprint density at radius 1 is 1.26 bits per heavy atom. The maximum atomic E-state index is 14.1. The minimum atomic E-state index is -1.20. The number of halogens is 2. The van der Waals surface area contributed by atoms with Gasteiger partial charge in [-0.1, -0.05) is 25.4 Å². The molecule has 3 heterocycles. The predicted octanol–water partition coefficient (Wildman–Crippen LogP) is 2.89. The van der Waals surface area contributed by atoms with Crippen LogP contribution in [-0.2, 0) is 11.8 Å². The van der Waals surface area contributed by atoms with Gasteiger partial charge in [-0.25, -0.2) is 4.39 Å². The molecule has 3 atom stereocenters. The fourth-order valence-electron chi connectivity index (χ4n) is 4.43. The lowest BCUT2D eigenvalue weighted by Gasteiger charge is -2.39. The van der Waals surface area contributed by atoms with Crippen molar-refractivity contribution >= 4 is 34.3 Å². The highest BCUT2D eigenvalue weighted by molar-refractivity contribution is 6.30. The van der Waals surface area contributed by atoms with E-state index in [1.165, 1.54) is 18.3 Å². The molecule has 2 aromatic heterocycles. The van der Waals surface area contributed by atoms with Gasteiger partial charge in [-0.05, 0) is 36.1 Å². The average molecular weight is 488 g/mol. The molecule has 1 saturated heterocycles. The van der Waals surface area contributed by atoms with Crippen molar-refractivity contribution < 1.29 is 19.1 Å². The van der Waals surface area contributed by atoms with Crippen LogP contribution in [0.3, 0.4) is 0 Å². The lowest BCUT2D eigenvalue weighted by molar-refractivity contribution is -0.132. The quantitative estimate of drug-likeness (QED) is 0.576. The molecule has 1 aromatic carbocycles. The number of amides is 2. The van der Waals surface area contributed by atoms with Crippen LogP contribution >= 0.6 is 11.6 Å². The second kappa shape index (κ2) is 9.68. The molecule has 1 fully saturated rings. The van der Waals surface area contributed by atoms with E-state index in [4.69, 9.17) is 11.6 Å². The zero-order chi connectivity index (χ0) is 24.6. The summed E-state index contributed by atoms with van der Waals surface area (Å²) in [5, 5.41) is 18.5. The number of nitrogens with zero attached hydrogens (tertiary/aromatic N) is 4. The second-order valence-electron chi connectivity index (χ2n) is 9.08. The number of aliphatic hydroxyl groups is 1. The summed E-state index contributed by atoms with van der Waals surface area (Å²) in [5.41, 5.74) is 1.56. The van der Waals surface area contributed by atoms with Crippen LogP contribution in [-0.4, -0.2) is 61.8 Å². The molecule has 2 amide bonds. The molecule has 8 nitrogen and oxygen atoms in total. The molecule has 1 aliphatic heterocycles. The first-order chi connectivity index (χ1) is 16.1. The highest BCUT2D eigenvalue weighted by Gasteiger charge is 2.36. The normalized spacial score (nSPS) is 19.4. The van der Waals surface area contributed by atoms with Gasteiger partial charge in [0.2, 0.25) is 5.91 Å². The molecule has 4 rings (SSSR count). The van der Waals surface area contributed by atoms with Gasteiger partial charge in [-0.3, -0.25) is 19.3 Å². The molecule has 3 aromatic rings. The Bertz CT molecular complexity index is 1210. The van der Waals surface area contributed by atoms with Crippen molar-refractivity contribution in [3.05, 3.63) is 58.8 Å². The van der Waals surface area contributed by atoms with Crippen LogP contribution in [0.15, 0.2) is 36.8 Å². The van der Waals surface area contributed by atoms with Crippen molar-refractivity contribution in [3.63, 3.8) is 0 Å². The van der Waals surface area contributed by atoms with Gasteiger partial charge in [0.1, 0.15) is 17.4 Å². The van der Waals surface area contributed by atoms with Crippen LogP contribution in [0.1, 0.15) is 42.1 Å². The highest BCUT2D eigenvalue weighted by Crippen LogP contribution is 2.32. The molecule has 1 aliphatic rings. The number of aryl methyl sites for hydroxylation is 1. The van der Waals surface area contributed by atoms with Gasteiger partial charge in [0, 0.05) is 55.1 Å². The van der Waals surface area contributed by atoms with Crippen molar-refractivity contribution in [1.82, 2.24) is 25.0 Å². The second-order valence-corrected chi connectivity index (χ2v) is 9.52. The van der Waals surface area contributed by atoms with E-state index >= 15 is 0 Å². The SMILES string of the molecule is CC(C)[C@@H](O)C(=O)N[C@@H]1CN(C(=O)c2cncc3cn(C)nc23)CC[C@H]1c1cc(F)cc(Cl)c1. The Hall–Kier alpha value is -3.04. The largest absolute Gasteiger partial charge is 0.383 e. The molecule has 2 N–H and O–H groups in total. The molecule has 0 radical (unpaired) electrons. The van der Waals surface area contributed by atoms with Crippen molar-refractivity contribution in [1.29, 1.82) is 0 Å². The molecule has 0 saturated carbocycles. The number of pyridine rings is 1. The van der Waals surface area contributed by atoms with Crippen LogP contribution in [0, 0.1) is 11.7 Å². The number of likely N-dealkylation sites (tertiary alicyclic amines) is 1. The molecule has 0 bridgehead atoms. The van der Waals surface area contributed by atoms with Gasteiger partial charge >= 0.3 is 0 Å². The summed E-state index contributed by atoms with van der Waals surface area (Å²) in [7, 11) is 1.77. The van der Waals surface area contributed by atoms with E-state index in [0.717, 1.165) is 5.39 Å². The monoisotopic (exact) mass is 487 g/mol. The van der Waals surface area contributed by atoms with Crippen molar-refractivity contribution in [2.24, 2.45) is 13.0 Å². The van der Waals surface area contributed by atoms with Gasteiger partial charge in [0.15, 0.2) is 0 Å². The number of hydrogen-bond acceptors (Lipinski definition) is 5. The molecule has 0 aliphatic carbocycles. The first kappa shape index (κ1) is 24.1. The van der Waals surface area contributed by atoms with Crippen LogP contribution in [0.4, 0.5) is 4.39 Å². The van der Waals surface area contributed by atoms with Crippen LogP contribution in [0.5, 0.6) is 0 Å². The summed E-state index contributed by atoms with van der Waals surface area (Å²) >= 11 is 6.08. The number of benzene rings is 1. The van der Waals surface area contributed by atoms with Gasteiger partial charge < -0.3 is 15.3 Å². The molecule has 0 spiro atoms. The van der Waals surface area contributed by atoms with E-state index in [-0.39, 0.29) is 29.3 Å². The molecular weight excluding hydrogens is 461 g/mol. The average Bonchev–Trinajstić information content (AvgIpc) is 3.17. The Labute approximate surface area is 201 Å². The standard InChI is InChI=1S/C24H27ClFN5O3/c1-13(2)22(32)23(33)28-20-12-31(5-4-18(20)14-6-16(25)8-17(26)7-14)24(34)19-10-27-9-15-11-30(3)29-21(15)19/h6-11,13,18,20,22,32H,4-5,12H2,1-3H3,(H,28,33)/t18-,20+,22+/m0/s1. The number of hydrogen-bond donors (Lipinski definition) is 2. The smallest absolute Gasteiger partial charge is 0.257 e. The molecular formula is C24H27ClFN5O3. The summed E-state index contributed by atoms with van der Waals surface area (Å²) in [6, 6.07) is 3.74. The zero-order valence-corrected chi connectivity index (χ0v) is 20.0. The summed E-state index contributed by atoms with van der Waals surface area (Å²) in [4.78, 5) is 31.9. The van der Waals surface area contributed by atoms with Gasteiger partial charge in [0.05, 0.1) is 11.6 Å². The summed E-state index contributed by atoms with van der Waals surface area (Å²) in [6.45, 7) is 4.05. The first-order valence-electron chi connectivity index (χ1n) is 11.1. The minimum absolute atomic E-state index is 0.178. The number of rotatable bonds is 5. The third-order valence-corrected chi connectivity index (χ3v) is 6.42. The van der Waals surface area contributed by atoms with Crippen LogP contribution in [0.25, 0.3) is 10.9 Å². The minimum Gasteiger partial charge on any atom is -0.383 e. The molecule has 34 heavy (non-hydrogen) atoms. The van der Waals surface area contributed by atoms with Crippen molar-refractivity contribution in [2.45, 2.75) is 38.3 Å². The molecule has 10 heteroatoms.